The topological polar surface area (TPSA) is 57.7 Å². The summed E-state index contributed by atoms with van der Waals surface area (Å²) >= 11 is 0. The highest BCUT2D eigenvalue weighted by atomic mass is 32.2. The van der Waals surface area contributed by atoms with Gasteiger partial charge in [-0.25, -0.2) is 8.42 Å². The molecule has 21 heavy (non-hydrogen) atoms. The van der Waals surface area contributed by atoms with Crippen molar-refractivity contribution in [2.24, 2.45) is 5.92 Å². The minimum atomic E-state index is -3.51. The molecule has 1 atom stereocenters. The third kappa shape index (κ3) is 3.01. The van der Waals surface area contributed by atoms with Crippen LogP contribution >= 0.6 is 0 Å². The summed E-state index contributed by atoms with van der Waals surface area (Å²) < 4.78 is 25.8. The Morgan fingerprint density at radius 2 is 2.00 bits per heavy atom. The number of nitrogens with zero attached hydrogens (tertiary/aromatic N) is 2. The highest BCUT2D eigenvalue weighted by molar-refractivity contribution is 7.89. The van der Waals surface area contributed by atoms with Crippen LogP contribution in [-0.4, -0.2) is 38.8 Å². The maximum Gasteiger partial charge on any atom is 0.243 e. The summed E-state index contributed by atoms with van der Waals surface area (Å²) in [6.45, 7) is 6.39. The number of rotatable bonds is 5. The fourth-order valence-corrected chi connectivity index (χ4v) is 3.48. The molecule has 1 aliphatic rings. The van der Waals surface area contributed by atoms with Crippen molar-refractivity contribution in [2.45, 2.75) is 18.2 Å². The SMILES string of the molecule is C=CCN(C)S(=O)(=O)c1ccc(N2CC[C@H](C)C2=O)cc1. The van der Waals surface area contributed by atoms with Gasteiger partial charge < -0.3 is 4.90 Å². The maximum absolute atomic E-state index is 12.3. The zero-order chi connectivity index (χ0) is 15.6. The molecule has 5 nitrogen and oxygen atoms in total. The molecule has 1 aromatic carbocycles. The second-order valence-electron chi connectivity index (χ2n) is 5.25. The number of anilines is 1. The Kier molecular flexibility index (Phi) is 4.49. The summed E-state index contributed by atoms with van der Waals surface area (Å²) in [6, 6.07) is 6.45. The van der Waals surface area contributed by atoms with Crippen LogP contribution in [0, 0.1) is 5.92 Å². The monoisotopic (exact) mass is 308 g/mol. The lowest BCUT2D eigenvalue weighted by molar-refractivity contribution is -0.119. The van der Waals surface area contributed by atoms with Crippen molar-refractivity contribution in [1.82, 2.24) is 4.31 Å². The van der Waals surface area contributed by atoms with Gasteiger partial charge >= 0.3 is 0 Å². The number of carbonyl (C=O) groups is 1. The summed E-state index contributed by atoms with van der Waals surface area (Å²) in [5.41, 5.74) is 0.745. The average Bonchev–Trinajstić information content (AvgIpc) is 2.79. The number of amides is 1. The quantitative estimate of drug-likeness (QED) is 0.780. The standard InChI is InChI=1S/C15H20N2O3S/c1-4-10-16(3)21(19,20)14-7-5-13(6-8-14)17-11-9-12(2)15(17)18/h4-8,12H,1,9-11H2,2-3H3/t12-/m0/s1. The minimum Gasteiger partial charge on any atom is -0.312 e. The first-order chi connectivity index (χ1) is 9.87. The summed E-state index contributed by atoms with van der Waals surface area (Å²) in [6.07, 6.45) is 2.37. The van der Waals surface area contributed by atoms with Gasteiger partial charge in [-0.3, -0.25) is 4.79 Å². The van der Waals surface area contributed by atoms with Gasteiger partial charge in [0, 0.05) is 31.7 Å². The molecule has 0 aliphatic carbocycles. The van der Waals surface area contributed by atoms with Crippen molar-refractivity contribution in [2.75, 3.05) is 25.0 Å². The van der Waals surface area contributed by atoms with Gasteiger partial charge in [-0.05, 0) is 30.7 Å². The summed E-state index contributed by atoms with van der Waals surface area (Å²) in [4.78, 5) is 13.9. The fraction of sp³-hybridized carbons (Fsp3) is 0.400. The van der Waals surface area contributed by atoms with Crippen LogP contribution < -0.4 is 4.90 Å². The van der Waals surface area contributed by atoms with E-state index in [2.05, 4.69) is 6.58 Å². The fourth-order valence-electron chi connectivity index (χ4n) is 2.34. The van der Waals surface area contributed by atoms with Crippen molar-refractivity contribution in [3.63, 3.8) is 0 Å². The Morgan fingerprint density at radius 1 is 1.38 bits per heavy atom. The molecule has 0 N–H and O–H groups in total. The van der Waals surface area contributed by atoms with Gasteiger partial charge in [-0.1, -0.05) is 13.0 Å². The predicted octanol–water partition coefficient (Wildman–Crippen LogP) is 1.87. The Morgan fingerprint density at radius 3 is 2.48 bits per heavy atom. The van der Waals surface area contributed by atoms with Crippen LogP contribution in [0.3, 0.4) is 0 Å². The molecule has 0 saturated carbocycles. The molecule has 0 aromatic heterocycles. The van der Waals surface area contributed by atoms with E-state index in [-0.39, 0.29) is 23.3 Å². The maximum atomic E-state index is 12.3. The van der Waals surface area contributed by atoms with E-state index in [1.54, 1.807) is 29.2 Å². The zero-order valence-electron chi connectivity index (χ0n) is 12.3. The zero-order valence-corrected chi connectivity index (χ0v) is 13.1. The molecule has 0 bridgehead atoms. The average molecular weight is 308 g/mol. The van der Waals surface area contributed by atoms with Gasteiger partial charge in [0.05, 0.1) is 4.90 Å². The second-order valence-corrected chi connectivity index (χ2v) is 7.29. The normalized spacial score (nSPS) is 19.3. The predicted molar refractivity (Wildman–Crippen MR) is 82.6 cm³/mol. The molecule has 1 aliphatic heterocycles. The first kappa shape index (κ1) is 15.7. The van der Waals surface area contributed by atoms with Gasteiger partial charge in [-0.2, -0.15) is 4.31 Å². The van der Waals surface area contributed by atoms with Crippen LogP contribution in [0.1, 0.15) is 13.3 Å². The molecule has 1 amide bonds. The largest absolute Gasteiger partial charge is 0.312 e. The van der Waals surface area contributed by atoms with Crippen molar-refractivity contribution < 1.29 is 13.2 Å². The Labute approximate surface area is 125 Å². The lowest BCUT2D eigenvalue weighted by atomic mass is 10.1. The molecule has 1 fully saturated rings. The first-order valence-electron chi connectivity index (χ1n) is 6.86. The summed E-state index contributed by atoms with van der Waals surface area (Å²) in [5, 5.41) is 0. The lowest BCUT2D eigenvalue weighted by Gasteiger charge is -2.18. The van der Waals surface area contributed by atoms with E-state index in [0.29, 0.717) is 6.54 Å². The van der Waals surface area contributed by atoms with Gasteiger partial charge in [0.15, 0.2) is 0 Å². The van der Waals surface area contributed by atoms with Crippen LogP contribution in [0.2, 0.25) is 0 Å². The van der Waals surface area contributed by atoms with Crippen LogP contribution in [-0.2, 0) is 14.8 Å². The van der Waals surface area contributed by atoms with E-state index >= 15 is 0 Å². The number of hydrogen-bond donors (Lipinski definition) is 0. The first-order valence-corrected chi connectivity index (χ1v) is 8.30. The molecular formula is C15H20N2O3S. The third-order valence-electron chi connectivity index (χ3n) is 3.72. The van der Waals surface area contributed by atoms with Crippen LogP contribution in [0.25, 0.3) is 0 Å². The van der Waals surface area contributed by atoms with Crippen molar-refractivity contribution in [3.8, 4) is 0 Å². The van der Waals surface area contributed by atoms with E-state index in [1.165, 1.54) is 17.4 Å². The van der Waals surface area contributed by atoms with E-state index < -0.39 is 10.0 Å². The van der Waals surface area contributed by atoms with Crippen molar-refractivity contribution in [3.05, 3.63) is 36.9 Å². The van der Waals surface area contributed by atoms with Crippen molar-refractivity contribution in [1.29, 1.82) is 0 Å². The van der Waals surface area contributed by atoms with E-state index in [0.717, 1.165) is 12.1 Å². The minimum absolute atomic E-state index is 0.0344. The van der Waals surface area contributed by atoms with Crippen LogP contribution in [0.5, 0.6) is 0 Å². The lowest BCUT2D eigenvalue weighted by Crippen LogP contribution is -2.28. The number of hydrogen-bond acceptors (Lipinski definition) is 3. The van der Waals surface area contributed by atoms with Gasteiger partial charge in [0.25, 0.3) is 0 Å². The Balaban J connectivity index is 2.23. The third-order valence-corrected chi connectivity index (χ3v) is 5.55. The van der Waals surface area contributed by atoms with E-state index in [4.69, 9.17) is 0 Å². The van der Waals surface area contributed by atoms with Gasteiger partial charge in [-0.15, -0.1) is 6.58 Å². The van der Waals surface area contributed by atoms with Crippen LogP contribution in [0.4, 0.5) is 5.69 Å². The van der Waals surface area contributed by atoms with E-state index in [9.17, 15) is 13.2 Å². The molecule has 0 spiro atoms. The molecule has 0 radical (unpaired) electrons. The molecule has 114 valence electrons. The smallest absolute Gasteiger partial charge is 0.243 e. The molecule has 1 saturated heterocycles. The number of carbonyl (C=O) groups excluding carboxylic acids is 1. The number of sulfonamides is 1. The van der Waals surface area contributed by atoms with E-state index in [1.807, 2.05) is 6.92 Å². The molecule has 6 heteroatoms. The van der Waals surface area contributed by atoms with Crippen molar-refractivity contribution >= 4 is 21.6 Å². The molecule has 2 rings (SSSR count). The Hall–Kier alpha value is -1.66. The number of likely N-dealkylation sites (N-methyl/N-ethyl adjacent to an activating group) is 1. The van der Waals surface area contributed by atoms with Gasteiger partial charge in [0.1, 0.15) is 0 Å². The van der Waals surface area contributed by atoms with Gasteiger partial charge in [0.2, 0.25) is 15.9 Å². The second kappa shape index (κ2) is 5.99. The molecule has 0 unspecified atom stereocenters. The highest BCUT2D eigenvalue weighted by Gasteiger charge is 2.29. The molecular weight excluding hydrogens is 288 g/mol. The molecule has 1 heterocycles. The van der Waals surface area contributed by atoms with Crippen LogP contribution in [0.15, 0.2) is 41.8 Å². The Bertz CT molecular complexity index is 637. The number of benzene rings is 1. The summed E-state index contributed by atoms with van der Waals surface area (Å²) in [7, 11) is -2.00. The highest BCUT2D eigenvalue weighted by Crippen LogP contribution is 2.26. The summed E-state index contributed by atoms with van der Waals surface area (Å²) in [5.74, 6) is 0.126. The molecule has 1 aromatic rings.